The predicted octanol–water partition coefficient (Wildman–Crippen LogP) is 2.95. The standard InChI is InChI=1S/C16H24N4O2/c1-5-13-9-14(22-20-13)10-18-16(17-6-2)19-12(4)15-8-7-11(3)21-15/h7-9,12H,5-6,10H2,1-4H3,(H2,17,18,19). The summed E-state index contributed by atoms with van der Waals surface area (Å²) in [5.41, 5.74) is 0.947. The third kappa shape index (κ3) is 4.38. The summed E-state index contributed by atoms with van der Waals surface area (Å²) in [7, 11) is 0. The normalized spacial score (nSPS) is 13.2. The Kier molecular flexibility index (Phi) is 5.63. The molecule has 1 unspecified atom stereocenters. The first kappa shape index (κ1) is 16.1. The zero-order valence-corrected chi connectivity index (χ0v) is 13.6. The number of hydrogen-bond donors (Lipinski definition) is 2. The van der Waals surface area contributed by atoms with E-state index < -0.39 is 0 Å². The van der Waals surface area contributed by atoms with Crippen LogP contribution in [0.25, 0.3) is 0 Å². The second kappa shape index (κ2) is 7.68. The molecule has 0 amide bonds. The van der Waals surface area contributed by atoms with Crippen molar-refractivity contribution in [2.45, 2.75) is 46.7 Å². The van der Waals surface area contributed by atoms with Crippen molar-refractivity contribution in [3.8, 4) is 0 Å². The highest BCUT2D eigenvalue weighted by Gasteiger charge is 2.11. The fourth-order valence-electron chi connectivity index (χ4n) is 2.04. The zero-order chi connectivity index (χ0) is 15.9. The Balaban J connectivity index is 2.00. The van der Waals surface area contributed by atoms with Gasteiger partial charge in [0.1, 0.15) is 18.1 Å². The molecule has 1 atom stereocenters. The number of guanidine groups is 1. The lowest BCUT2D eigenvalue weighted by molar-refractivity contribution is 0.379. The molecule has 22 heavy (non-hydrogen) atoms. The molecule has 0 saturated carbocycles. The number of furan rings is 1. The molecule has 0 aliphatic carbocycles. The molecular formula is C16H24N4O2. The second-order valence-electron chi connectivity index (χ2n) is 5.15. The van der Waals surface area contributed by atoms with Gasteiger partial charge in [0.05, 0.1) is 11.7 Å². The van der Waals surface area contributed by atoms with Crippen LogP contribution in [-0.4, -0.2) is 17.7 Å². The van der Waals surface area contributed by atoms with Crippen molar-refractivity contribution in [3.05, 3.63) is 41.2 Å². The van der Waals surface area contributed by atoms with Gasteiger partial charge in [-0.05, 0) is 39.3 Å². The maximum atomic E-state index is 5.63. The second-order valence-corrected chi connectivity index (χ2v) is 5.15. The predicted molar refractivity (Wildman–Crippen MR) is 85.7 cm³/mol. The quantitative estimate of drug-likeness (QED) is 0.634. The number of aromatic nitrogens is 1. The van der Waals surface area contributed by atoms with Gasteiger partial charge in [0.15, 0.2) is 11.7 Å². The molecule has 0 saturated heterocycles. The van der Waals surface area contributed by atoms with Gasteiger partial charge in [-0.2, -0.15) is 0 Å². The Hall–Kier alpha value is -2.24. The van der Waals surface area contributed by atoms with Gasteiger partial charge >= 0.3 is 0 Å². The molecule has 2 heterocycles. The van der Waals surface area contributed by atoms with E-state index in [9.17, 15) is 0 Å². The van der Waals surface area contributed by atoms with Gasteiger partial charge in [0.25, 0.3) is 0 Å². The Morgan fingerprint density at radius 2 is 2.18 bits per heavy atom. The summed E-state index contributed by atoms with van der Waals surface area (Å²) in [6.45, 7) is 9.28. The molecule has 0 aliphatic heterocycles. The molecule has 0 bridgehead atoms. The number of hydrogen-bond acceptors (Lipinski definition) is 4. The van der Waals surface area contributed by atoms with Crippen LogP contribution in [0.15, 0.2) is 32.1 Å². The van der Waals surface area contributed by atoms with Crippen LogP contribution in [0.1, 0.15) is 49.8 Å². The van der Waals surface area contributed by atoms with E-state index in [-0.39, 0.29) is 6.04 Å². The van der Waals surface area contributed by atoms with Gasteiger partial charge in [0, 0.05) is 12.6 Å². The molecule has 0 fully saturated rings. The lowest BCUT2D eigenvalue weighted by Crippen LogP contribution is -2.38. The Bertz CT molecular complexity index is 615. The molecular weight excluding hydrogens is 280 g/mol. The number of nitrogens with one attached hydrogen (secondary N) is 2. The van der Waals surface area contributed by atoms with Crippen LogP contribution in [0.2, 0.25) is 0 Å². The molecule has 6 nitrogen and oxygen atoms in total. The van der Waals surface area contributed by atoms with Gasteiger partial charge in [-0.25, -0.2) is 4.99 Å². The monoisotopic (exact) mass is 304 g/mol. The molecule has 2 N–H and O–H groups in total. The van der Waals surface area contributed by atoms with E-state index in [1.54, 1.807) is 0 Å². The largest absolute Gasteiger partial charge is 0.464 e. The van der Waals surface area contributed by atoms with Gasteiger partial charge in [-0.3, -0.25) is 0 Å². The van der Waals surface area contributed by atoms with E-state index in [1.165, 1.54) is 0 Å². The average Bonchev–Trinajstić information content (AvgIpc) is 3.13. The molecule has 0 aromatic carbocycles. The Morgan fingerprint density at radius 1 is 1.36 bits per heavy atom. The van der Waals surface area contributed by atoms with Crippen molar-refractivity contribution in [1.82, 2.24) is 15.8 Å². The van der Waals surface area contributed by atoms with E-state index in [2.05, 4.69) is 20.8 Å². The number of aryl methyl sites for hydroxylation is 2. The average molecular weight is 304 g/mol. The van der Waals surface area contributed by atoms with Crippen LogP contribution >= 0.6 is 0 Å². The smallest absolute Gasteiger partial charge is 0.192 e. The first-order chi connectivity index (χ1) is 10.6. The van der Waals surface area contributed by atoms with Crippen molar-refractivity contribution in [1.29, 1.82) is 0 Å². The minimum atomic E-state index is 0.0347. The fourth-order valence-corrected chi connectivity index (χ4v) is 2.04. The van der Waals surface area contributed by atoms with Gasteiger partial charge in [-0.15, -0.1) is 0 Å². The highest BCUT2D eigenvalue weighted by molar-refractivity contribution is 5.80. The molecule has 2 aromatic rings. The van der Waals surface area contributed by atoms with Crippen molar-refractivity contribution in [2.24, 2.45) is 4.99 Å². The van der Waals surface area contributed by atoms with Crippen molar-refractivity contribution in [2.75, 3.05) is 6.54 Å². The molecule has 120 valence electrons. The van der Waals surface area contributed by atoms with E-state index in [0.717, 1.165) is 41.9 Å². The van der Waals surface area contributed by atoms with E-state index in [4.69, 9.17) is 8.94 Å². The topological polar surface area (TPSA) is 75.6 Å². The summed E-state index contributed by atoms with van der Waals surface area (Å²) < 4.78 is 10.9. The van der Waals surface area contributed by atoms with Crippen LogP contribution in [-0.2, 0) is 13.0 Å². The Labute approximate surface area is 131 Å². The molecule has 2 rings (SSSR count). The lowest BCUT2D eigenvalue weighted by atomic mass is 10.2. The minimum absolute atomic E-state index is 0.0347. The minimum Gasteiger partial charge on any atom is -0.464 e. The van der Waals surface area contributed by atoms with Gasteiger partial charge in [0.2, 0.25) is 0 Å². The van der Waals surface area contributed by atoms with E-state index >= 15 is 0 Å². The van der Waals surface area contributed by atoms with Crippen molar-refractivity contribution in [3.63, 3.8) is 0 Å². The van der Waals surface area contributed by atoms with Crippen LogP contribution in [0.5, 0.6) is 0 Å². The van der Waals surface area contributed by atoms with Crippen LogP contribution in [0, 0.1) is 6.92 Å². The summed E-state index contributed by atoms with van der Waals surface area (Å²) >= 11 is 0. The number of rotatable bonds is 6. The van der Waals surface area contributed by atoms with E-state index in [1.807, 2.05) is 45.9 Å². The van der Waals surface area contributed by atoms with Crippen LogP contribution in [0.4, 0.5) is 0 Å². The third-order valence-corrected chi connectivity index (χ3v) is 3.25. The highest BCUT2D eigenvalue weighted by atomic mass is 16.5. The summed E-state index contributed by atoms with van der Waals surface area (Å²) in [6, 6.07) is 5.90. The maximum Gasteiger partial charge on any atom is 0.192 e. The summed E-state index contributed by atoms with van der Waals surface area (Å²) in [5, 5.41) is 10.5. The summed E-state index contributed by atoms with van der Waals surface area (Å²) in [4.78, 5) is 4.52. The van der Waals surface area contributed by atoms with Crippen molar-refractivity contribution < 1.29 is 8.94 Å². The number of aliphatic imine (C=N–C) groups is 1. The van der Waals surface area contributed by atoms with Crippen LogP contribution < -0.4 is 10.6 Å². The van der Waals surface area contributed by atoms with Crippen molar-refractivity contribution >= 4 is 5.96 Å². The molecule has 0 radical (unpaired) electrons. The highest BCUT2D eigenvalue weighted by Crippen LogP contribution is 2.15. The molecule has 2 aromatic heterocycles. The first-order valence-corrected chi connectivity index (χ1v) is 7.68. The summed E-state index contributed by atoms with van der Waals surface area (Å²) in [6.07, 6.45) is 0.862. The van der Waals surface area contributed by atoms with Crippen LogP contribution in [0.3, 0.4) is 0 Å². The third-order valence-electron chi connectivity index (χ3n) is 3.25. The van der Waals surface area contributed by atoms with Gasteiger partial charge < -0.3 is 19.6 Å². The Morgan fingerprint density at radius 3 is 2.77 bits per heavy atom. The first-order valence-electron chi connectivity index (χ1n) is 7.68. The molecule has 0 spiro atoms. The maximum absolute atomic E-state index is 5.63. The van der Waals surface area contributed by atoms with Gasteiger partial charge in [-0.1, -0.05) is 12.1 Å². The fraction of sp³-hybridized carbons (Fsp3) is 0.500. The molecule has 0 aliphatic rings. The molecule has 6 heteroatoms. The number of nitrogens with zero attached hydrogens (tertiary/aromatic N) is 2. The summed E-state index contributed by atoms with van der Waals surface area (Å²) in [5.74, 6) is 3.27. The SMILES string of the molecule is CCNC(=NCc1cc(CC)no1)NC(C)c1ccc(C)o1. The van der Waals surface area contributed by atoms with E-state index in [0.29, 0.717) is 6.54 Å². The lowest BCUT2D eigenvalue weighted by Gasteiger charge is -2.15. The zero-order valence-electron chi connectivity index (χ0n) is 13.6.